The first kappa shape index (κ1) is 18.9. The molecule has 0 amide bonds. The lowest BCUT2D eigenvalue weighted by molar-refractivity contribution is 0.479. The van der Waals surface area contributed by atoms with E-state index in [9.17, 15) is 13.7 Å². The summed E-state index contributed by atoms with van der Waals surface area (Å²) in [4.78, 5) is 7.58. The molecule has 7 nitrogen and oxygen atoms in total. The van der Waals surface area contributed by atoms with E-state index >= 15 is 0 Å². The van der Waals surface area contributed by atoms with Gasteiger partial charge in [-0.05, 0) is 30.3 Å². The second-order valence-electron chi connectivity index (χ2n) is 5.19. The van der Waals surface area contributed by atoms with Gasteiger partial charge in [-0.15, -0.1) is 0 Å². The van der Waals surface area contributed by atoms with Crippen molar-refractivity contribution in [2.45, 2.75) is 4.90 Å². The summed E-state index contributed by atoms with van der Waals surface area (Å²) in [5, 5.41) is 9.91. The Hall–Kier alpha value is -2.86. The standard InChI is InChI=1S/C17H10Cl2N4O3S/c18-12-6-14(9-21-8-12)26-16-3-1-13(5-11(16)7-20)23-27(24,25)15-2-4-17(19)22-10-15/h1-6,8-10,23H. The molecule has 2 aromatic heterocycles. The third-order valence-corrected chi connectivity index (χ3v) is 5.07. The molecule has 136 valence electrons. The summed E-state index contributed by atoms with van der Waals surface area (Å²) in [5.41, 5.74) is 0.322. The topological polar surface area (TPSA) is 105 Å². The number of ether oxygens (including phenoxy) is 1. The fraction of sp³-hybridized carbons (Fsp3) is 0. The van der Waals surface area contributed by atoms with Gasteiger partial charge in [-0.2, -0.15) is 5.26 Å². The number of nitrogens with one attached hydrogen (secondary N) is 1. The van der Waals surface area contributed by atoms with Crippen LogP contribution in [0.2, 0.25) is 10.2 Å². The average Bonchev–Trinajstić information content (AvgIpc) is 2.63. The van der Waals surface area contributed by atoms with Crippen molar-refractivity contribution in [2.75, 3.05) is 4.72 Å². The van der Waals surface area contributed by atoms with Gasteiger partial charge in [-0.3, -0.25) is 9.71 Å². The maximum atomic E-state index is 12.4. The Labute approximate surface area is 165 Å². The molecular formula is C17H10Cl2N4O3S. The lowest BCUT2D eigenvalue weighted by atomic mass is 10.2. The van der Waals surface area contributed by atoms with Crippen molar-refractivity contribution in [3.8, 4) is 17.6 Å². The number of sulfonamides is 1. The molecule has 0 saturated heterocycles. The van der Waals surface area contributed by atoms with E-state index in [0.717, 1.165) is 6.20 Å². The monoisotopic (exact) mass is 420 g/mol. The molecule has 0 aliphatic carbocycles. The number of aromatic nitrogens is 2. The number of benzene rings is 1. The number of hydrogen-bond donors (Lipinski definition) is 1. The molecule has 27 heavy (non-hydrogen) atoms. The summed E-state index contributed by atoms with van der Waals surface area (Å²) in [6.45, 7) is 0. The average molecular weight is 421 g/mol. The van der Waals surface area contributed by atoms with Crippen molar-refractivity contribution in [1.82, 2.24) is 9.97 Å². The number of hydrogen-bond acceptors (Lipinski definition) is 6. The van der Waals surface area contributed by atoms with Crippen LogP contribution in [0.15, 0.2) is 59.9 Å². The molecule has 0 spiro atoms. The van der Waals surface area contributed by atoms with Gasteiger partial charge in [-0.1, -0.05) is 23.2 Å². The van der Waals surface area contributed by atoms with Gasteiger partial charge in [0.2, 0.25) is 0 Å². The quantitative estimate of drug-likeness (QED) is 0.618. The maximum Gasteiger partial charge on any atom is 0.263 e. The summed E-state index contributed by atoms with van der Waals surface area (Å²) in [6.07, 6.45) is 4.03. The number of pyridine rings is 2. The van der Waals surface area contributed by atoms with Gasteiger partial charge >= 0.3 is 0 Å². The van der Waals surface area contributed by atoms with E-state index in [4.69, 9.17) is 27.9 Å². The Kier molecular flexibility index (Phi) is 5.46. The largest absolute Gasteiger partial charge is 0.454 e. The molecule has 10 heteroatoms. The maximum absolute atomic E-state index is 12.4. The number of nitrogens with zero attached hydrogens (tertiary/aromatic N) is 3. The van der Waals surface area contributed by atoms with Gasteiger partial charge in [0.05, 0.1) is 22.5 Å². The summed E-state index contributed by atoms with van der Waals surface area (Å²) in [5.74, 6) is 0.581. The van der Waals surface area contributed by atoms with Gasteiger partial charge in [0.15, 0.2) is 0 Å². The molecule has 0 atom stereocenters. The van der Waals surface area contributed by atoms with Gasteiger partial charge in [0.25, 0.3) is 10.0 Å². The van der Waals surface area contributed by atoms with Crippen LogP contribution in [0.3, 0.4) is 0 Å². The summed E-state index contributed by atoms with van der Waals surface area (Å²) in [7, 11) is -3.88. The molecule has 0 unspecified atom stereocenters. The molecule has 3 rings (SSSR count). The number of halogens is 2. The van der Waals surface area contributed by atoms with Crippen molar-refractivity contribution in [3.63, 3.8) is 0 Å². The van der Waals surface area contributed by atoms with Crippen molar-refractivity contribution in [1.29, 1.82) is 5.26 Å². The number of anilines is 1. The molecule has 0 bridgehead atoms. The van der Waals surface area contributed by atoms with Crippen LogP contribution in [-0.4, -0.2) is 18.4 Å². The molecule has 0 fully saturated rings. The van der Waals surface area contributed by atoms with Crippen LogP contribution < -0.4 is 9.46 Å². The zero-order valence-electron chi connectivity index (χ0n) is 13.4. The SMILES string of the molecule is N#Cc1cc(NS(=O)(=O)c2ccc(Cl)nc2)ccc1Oc1cncc(Cl)c1. The third kappa shape index (κ3) is 4.65. The molecule has 0 saturated carbocycles. The minimum absolute atomic E-state index is 0.0595. The predicted octanol–water partition coefficient (Wildman–Crippen LogP) is 4.25. The van der Waals surface area contributed by atoms with E-state index in [1.54, 1.807) is 6.07 Å². The second-order valence-corrected chi connectivity index (χ2v) is 7.69. The predicted molar refractivity (Wildman–Crippen MR) is 101 cm³/mol. The van der Waals surface area contributed by atoms with Crippen LogP contribution in [0.5, 0.6) is 11.5 Å². The number of nitriles is 1. The highest BCUT2D eigenvalue weighted by molar-refractivity contribution is 7.92. The highest BCUT2D eigenvalue weighted by Gasteiger charge is 2.16. The first-order valence-corrected chi connectivity index (χ1v) is 9.58. The van der Waals surface area contributed by atoms with Crippen LogP contribution >= 0.6 is 23.2 Å². The molecule has 3 aromatic rings. The van der Waals surface area contributed by atoms with Crippen LogP contribution in [0.1, 0.15) is 5.56 Å². The Morgan fingerprint density at radius 1 is 1.07 bits per heavy atom. The fourth-order valence-corrected chi connectivity index (χ4v) is 3.35. The minimum atomic E-state index is -3.88. The normalized spacial score (nSPS) is 10.9. The Morgan fingerprint density at radius 2 is 1.89 bits per heavy atom. The molecule has 0 aliphatic rings. The number of rotatable bonds is 5. The van der Waals surface area contributed by atoms with Crippen LogP contribution in [-0.2, 0) is 10.0 Å². The Bertz CT molecular complexity index is 1130. The van der Waals surface area contributed by atoms with E-state index in [2.05, 4.69) is 14.7 Å². The van der Waals surface area contributed by atoms with E-state index in [0.29, 0.717) is 10.8 Å². The fourth-order valence-electron chi connectivity index (χ4n) is 2.08. The highest BCUT2D eigenvalue weighted by Crippen LogP contribution is 2.29. The zero-order chi connectivity index (χ0) is 19.4. The smallest absolute Gasteiger partial charge is 0.263 e. The molecule has 0 aliphatic heterocycles. The van der Waals surface area contributed by atoms with Crippen LogP contribution in [0, 0.1) is 11.3 Å². The summed E-state index contributed by atoms with van der Waals surface area (Å²) >= 11 is 11.5. The van der Waals surface area contributed by atoms with E-state index in [1.165, 1.54) is 42.7 Å². The Balaban J connectivity index is 1.86. The van der Waals surface area contributed by atoms with Gasteiger partial charge in [0, 0.05) is 18.5 Å². The molecular weight excluding hydrogens is 411 g/mol. The van der Waals surface area contributed by atoms with Crippen molar-refractivity contribution in [3.05, 3.63) is 70.7 Å². The van der Waals surface area contributed by atoms with Gasteiger partial charge in [0.1, 0.15) is 27.6 Å². The van der Waals surface area contributed by atoms with Gasteiger partial charge < -0.3 is 4.74 Å². The lowest BCUT2D eigenvalue weighted by Gasteiger charge is -2.11. The van der Waals surface area contributed by atoms with E-state index in [1.807, 2.05) is 6.07 Å². The molecule has 1 N–H and O–H groups in total. The van der Waals surface area contributed by atoms with Crippen LogP contribution in [0.25, 0.3) is 0 Å². The highest BCUT2D eigenvalue weighted by atomic mass is 35.5. The summed E-state index contributed by atoms with van der Waals surface area (Å²) < 4.78 is 32.8. The lowest BCUT2D eigenvalue weighted by Crippen LogP contribution is -2.13. The van der Waals surface area contributed by atoms with E-state index < -0.39 is 10.0 Å². The second kappa shape index (κ2) is 7.80. The van der Waals surface area contributed by atoms with Crippen LogP contribution in [0.4, 0.5) is 5.69 Å². The molecule has 2 heterocycles. The first-order chi connectivity index (χ1) is 12.9. The Morgan fingerprint density at radius 3 is 2.56 bits per heavy atom. The minimum Gasteiger partial charge on any atom is -0.454 e. The zero-order valence-corrected chi connectivity index (χ0v) is 15.8. The summed E-state index contributed by atoms with van der Waals surface area (Å²) in [6, 6.07) is 10.5. The van der Waals surface area contributed by atoms with Crippen molar-refractivity contribution >= 4 is 38.9 Å². The van der Waals surface area contributed by atoms with E-state index in [-0.39, 0.29) is 27.0 Å². The molecule has 1 aromatic carbocycles. The van der Waals surface area contributed by atoms with Gasteiger partial charge in [-0.25, -0.2) is 13.4 Å². The third-order valence-electron chi connectivity index (χ3n) is 3.27. The van der Waals surface area contributed by atoms with Crippen molar-refractivity contribution < 1.29 is 13.2 Å². The molecule has 0 radical (unpaired) electrons. The first-order valence-electron chi connectivity index (χ1n) is 7.34. The van der Waals surface area contributed by atoms with Crippen molar-refractivity contribution in [2.24, 2.45) is 0 Å².